The number of nitrogens with one attached hydrogen (secondary N) is 1. The van der Waals surface area contributed by atoms with E-state index in [0.29, 0.717) is 30.3 Å². The number of amides is 1. The van der Waals surface area contributed by atoms with E-state index in [9.17, 15) is 4.79 Å². The lowest BCUT2D eigenvalue weighted by Gasteiger charge is -2.39. The third-order valence-corrected chi connectivity index (χ3v) is 3.25. The highest BCUT2D eigenvalue weighted by molar-refractivity contribution is 5.97. The maximum Gasteiger partial charge on any atom is 0.244 e. The number of nitriles is 1. The number of anilines is 1. The fourth-order valence-electron chi connectivity index (χ4n) is 2.28. The lowest BCUT2D eigenvalue weighted by atomic mass is 9.63. The van der Waals surface area contributed by atoms with Crippen LogP contribution in [0.2, 0.25) is 0 Å². The third-order valence-electron chi connectivity index (χ3n) is 3.25. The number of rotatable bonds is 3. The molecule has 0 unspecified atom stereocenters. The Balaban J connectivity index is 2.05. The normalized spacial score (nSPS) is 25.7. The molecule has 1 aliphatic carbocycles. The van der Waals surface area contributed by atoms with E-state index in [4.69, 9.17) is 10.00 Å². The highest BCUT2D eigenvalue weighted by atomic mass is 16.5. The Morgan fingerprint density at radius 3 is 2.78 bits per heavy atom. The summed E-state index contributed by atoms with van der Waals surface area (Å²) in [6.45, 7) is 2.04. The monoisotopic (exact) mass is 245 g/mol. The maximum atomic E-state index is 12.1. The number of carbonyl (C=O) groups excluding carboxylic acids is 1. The van der Waals surface area contributed by atoms with E-state index in [-0.39, 0.29) is 5.91 Å². The maximum absolute atomic E-state index is 12.1. The van der Waals surface area contributed by atoms with E-state index in [2.05, 4.69) is 16.4 Å². The second-order valence-corrected chi connectivity index (χ2v) is 4.75. The quantitative estimate of drug-likeness (QED) is 0.883. The lowest BCUT2D eigenvalue weighted by Crippen LogP contribution is -2.45. The van der Waals surface area contributed by atoms with Gasteiger partial charge in [0.15, 0.2) is 0 Å². The molecule has 0 atom stereocenters. The SMILES string of the molecule is COc1ccc(NC(=O)C2(C#N)CC(C)C2)cn1. The second kappa shape index (κ2) is 4.65. The van der Waals surface area contributed by atoms with Gasteiger partial charge < -0.3 is 10.1 Å². The van der Waals surface area contributed by atoms with E-state index < -0.39 is 5.41 Å². The molecule has 0 bridgehead atoms. The van der Waals surface area contributed by atoms with E-state index in [1.807, 2.05) is 6.92 Å². The summed E-state index contributed by atoms with van der Waals surface area (Å²) in [5.74, 6) is 0.680. The minimum absolute atomic E-state index is 0.241. The zero-order chi connectivity index (χ0) is 13.2. The Kier molecular flexibility index (Phi) is 3.19. The van der Waals surface area contributed by atoms with Gasteiger partial charge in [-0.2, -0.15) is 5.26 Å². The summed E-state index contributed by atoms with van der Waals surface area (Å²) in [6.07, 6.45) is 2.77. The van der Waals surface area contributed by atoms with Gasteiger partial charge in [-0.3, -0.25) is 4.79 Å². The van der Waals surface area contributed by atoms with Gasteiger partial charge in [-0.1, -0.05) is 6.92 Å². The number of nitrogens with zero attached hydrogens (tertiary/aromatic N) is 2. The standard InChI is InChI=1S/C13H15N3O2/c1-9-5-13(6-9,8-14)12(17)16-10-3-4-11(18-2)15-7-10/h3-4,7,9H,5-6H2,1-2H3,(H,16,17). The molecule has 0 aromatic carbocycles. The number of hydrogen-bond donors (Lipinski definition) is 1. The van der Waals surface area contributed by atoms with Gasteiger partial charge in [0, 0.05) is 6.07 Å². The van der Waals surface area contributed by atoms with E-state index >= 15 is 0 Å². The lowest BCUT2D eigenvalue weighted by molar-refractivity contribution is -0.128. The first-order valence-electron chi connectivity index (χ1n) is 5.82. The first-order chi connectivity index (χ1) is 8.59. The van der Waals surface area contributed by atoms with Gasteiger partial charge in [0.1, 0.15) is 5.41 Å². The first-order valence-corrected chi connectivity index (χ1v) is 5.82. The molecule has 1 amide bonds. The number of aromatic nitrogens is 1. The smallest absolute Gasteiger partial charge is 0.244 e. The highest BCUT2D eigenvalue weighted by Gasteiger charge is 2.48. The van der Waals surface area contributed by atoms with Crippen LogP contribution in [0.15, 0.2) is 18.3 Å². The number of pyridine rings is 1. The van der Waals surface area contributed by atoms with Gasteiger partial charge >= 0.3 is 0 Å². The minimum atomic E-state index is -0.862. The number of methoxy groups -OCH3 is 1. The van der Waals surface area contributed by atoms with Crippen LogP contribution in [0.5, 0.6) is 5.88 Å². The summed E-state index contributed by atoms with van der Waals surface area (Å²) in [7, 11) is 1.53. The second-order valence-electron chi connectivity index (χ2n) is 4.75. The van der Waals surface area contributed by atoms with Crippen molar-refractivity contribution in [1.29, 1.82) is 5.26 Å². The third kappa shape index (κ3) is 2.14. The van der Waals surface area contributed by atoms with Crippen molar-refractivity contribution in [1.82, 2.24) is 4.98 Å². The van der Waals surface area contributed by atoms with Crippen LogP contribution in [0.1, 0.15) is 19.8 Å². The van der Waals surface area contributed by atoms with Crippen LogP contribution < -0.4 is 10.1 Å². The molecular weight excluding hydrogens is 230 g/mol. The molecule has 94 valence electrons. The van der Waals surface area contributed by atoms with Gasteiger partial charge in [0.05, 0.1) is 25.1 Å². The van der Waals surface area contributed by atoms with Crippen molar-refractivity contribution in [3.05, 3.63) is 18.3 Å². The molecule has 1 fully saturated rings. The Morgan fingerprint density at radius 2 is 2.33 bits per heavy atom. The Bertz CT molecular complexity index is 484. The zero-order valence-electron chi connectivity index (χ0n) is 10.4. The summed E-state index contributed by atoms with van der Waals surface area (Å²) in [5, 5.41) is 11.9. The summed E-state index contributed by atoms with van der Waals surface area (Å²) in [4.78, 5) is 16.1. The molecule has 2 rings (SSSR count). The summed E-state index contributed by atoms with van der Waals surface area (Å²) < 4.78 is 4.93. The van der Waals surface area contributed by atoms with Gasteiger partial charge in [-0.15, -0.1) is 0 Å². The van der Waals surface area contributed by atoms with E-state index in [1.54, 1.807) is 12.1 Å². The molecular formula is C13H15N3O2. The first kappa shape index (κ1) is 12.4. The predicted molar refractivity (Wildman–Crippen MR) is 65.9 cm³/mol. The average molecular weight is 245 g/mol. The van der Waals surface area contributed by atoms with Crippen molar-refractivity contribution < 1.29 is 9.53 Å². The Labute approximate surface area is 106 Å². The highest BCUT2D eigenvalue weighted by Crippen LogP contribution is 2.45. The number of carbonyl (C=O) groups is 1. The minimum Gasteiger partial charge on any atom is -0.481 e. The molecule has 18 heavy (non-hydrogen) atoms. The van der Waals surface area contributed by atoms with E-state index in [1.165, 1.54) is 13.3 Å². The van der Waals surface area contributed by atoms with Crippen LogP contribution in [-0.2, 0) is 4.79 Å². The van der Waals surface area contributed by atoms with Crippen LogP contribution in [-0.4, -0.2) is 18.0 Å². The predicted octanol–water partition coefficient (Wildman–Crippen LogP) is 1.97. The summed E-state index contributed by atoms with van der Waals surface area (Å²) >= 11 is 0. The van der Waals surface area contributed by atoms with E-state index in [0.717, 1.165) is 0 Å². The molecule has 1 N–H and O–H groups in total. The van der Waals surface area contributed by atoms with Gasteiger partial charge in [-0.05, 0) is 24.8 Å². The molecule has 5 heteroatoms. The molecule has 1 aliphatic rings. The van der Waals surface area contributed by atoms with Gasteiger partial charge in [0.25, 0.3) is 0 Å². The number of ether oxygens (including phenoxy) is 1. The molecule has 1 aromatic rings. The topological polar surface area (TPSA) is 75.0 Å². The average Bonchev–Trinajstić information content (AvgIpc) is 2.35. The fourth-order valence-corrected chi connectivity index (χ4v) is 2.28. The van der Waals surface area contributed by atoms with Crippen LogP contribution in [0.3, 0.4) is 0 Å². The molecule has 1 aromatic heterocycles. The summed E-state index contributed by atoms with van der Waals surface area (Å²) in [5.41, 5.74) is -0.283. The molecule has 0 spiro atoms. The van der Waals surface area contributed by atoms with Crippen molar-refractivity contribution >= 4 is 11.6 Å². The largest absolute Gasteiger partial charge is 0.481 e. The zero-order valence-corrected chi connectivity index (χ0v) is 10.4. The van der Waals surface area contributed by atoms with Gasteiger partial charge in [-0.25, -0.2) is 4.98 Å². The van der Waals surface area contributed by atoms with Crippen molar-refractivity contribution in [2.45, 2.75) is 19.8 Å². The van der Waals surface area contributed by atoms with Crippen LogP contribution in [0.25, 0.3) is 0 Å². The number of hydrogen-bond acceptors (Lipinski definition) is 4. The molecule has 1 heterocycles. The van der Waals surface area contributed by atoms with Gasteiger partial charge in [0.2, 0.25) is 11.8 Å². The van der Waals surface area contributed by atoms with Crippen molar-refractivity contribution in [3.8, 4) is 11.9 Å². The Hall–Kier alpha value is -2.09. The molecule has 5 nitrogen and oxygen atoms in total. The molecule has 0 saturated heterocycles. The molecule has 0 aliphatic heterocycles. The molecule has 1 saturated carbocycles. The van der Waals surface area contributed by atoms with Crippen molar-refractivity contribution in [3.63, 3.8) is 0 Å². The summed E-state index contributed by atoms with van der Waals surface area (Å²) in [6, 6.07) is 5.50. The fraction of sp³-hybridized carbons (Fsp3) is 0.462. The van der Waals surface area contributed by atoms with Crippen molar-refractivity contribution in [2.75, 3.05) is 12.4 Å². The Morgan fingerprint density at radius 1 is 1.61 bits per heavy atom. The van der Waals surface area contributed by atoms with Crippen LogP contribution >= 0.6 is 0 Å². The molecule has 0 radical (unpaired) electrons. The van der Waals surface area contributed by atoms with Crippen LogP contribution in [0, 0.1) is 22.7 Å². The van der Waals surface area contributed by atoms with Crippen LogP contribution in [0.4, 0.5) is 5.69 Å². The van der Waals surface area contributed by atoms with Crippen molar-refractivity contribution in [2.24, 2.45) is 11.3 Å².